The van der Waals surface area contributed by atoms with Crippen LogP contribution < -0.4 is 10.6 Å². The summed E-state index contributed by atoms with van der Waals surface area (Å²) >= 11 is 1.53. The van der Waals surface area contributed by atoms with Gasteiger partial charge in [-0.2, -0.15) is 11.3 Å². The van der Waals surface area contributed by atoms with Crippen molar-refractivity contribution in [3.63, 3.8) is 0 Å². The number of urea groups is 1. The van der Waals surface area contributed by atoms with Crippen molar-refractivity contribution >= 4 is 23.3 Å². The number of likely N-dealkylation sites (tertiary alicyclic amines) is 1. The van der Waals surface area contributed by atoms with Gasteiger partial charge < -0.3 is 15.5 Å². The van der Waals surface area contributed by atoms with E-state index < -0.39 is 0 Å². The number of rotatable bonds is 3. The van der Waals surface area contributed by atoms with Gasteiger partial charge >= 0.3 is 6.03 Å². The molecule has 0 radical (unpaired) electrons. The first-order chi connectivity index (χ1) is 10.3. The van der Waals surface area contributed by atoms with Gasteiger partial charge in [-0.15, -0.1) is 0 Å². The zero-order valence-electron chi connectivity index (χ0n) is 13.5. The molecule has 2 N–H and O–H groups in total. The Labute approximate surface area is 136 Å². The van der Waals surface area contributed by atoms with E-state index in [1.165, 1.54) is 11.3 Å². The van der Waals surface area contributed by atoms with Gasteiger partial charge in [-0.05, 0) is 51.0 Å². The first kappa shape index (κ1) is 16.8. The number of nitrogens with zero attached hydrogens (tertiary/aromatic N) is 1. The summed E-state index contributed by atoms with van der Waals surface area (Å²) in [6.45, 7) is 8.14. The summed E-state index contributed by atoms with van der Waals surface area (Å²) in [5.41, 5.74) is 0.523. The lowest BCUT2D eigenvalue weighted by molar-refractivity contribution is 0.0937. The van der Waals surface area contributed by atoms with Crippen LogP contribution >= 0.6 is 11.3 Å². The zero-order chi connectivity index (χ0) is 16.2. The average Bonchev–Trinajstić information content (AvgIpc) is 2.97. The highest BCUT2D eigenvalue weighted by Gasteiger charge is 2.25. The first-order valence-electron chi connectivity index (χ1n) is 7.72. The molecule has 5 nitrogen and oxygen atoms in total. The molecule has 1 fully saturated rings. The third-order valence-electron chi connectivity index (χ3n) is 3.72. The van der Waals surface area contributed by atoms with Crippen LogP contribution in [-0.4, -0.2) is 42.0 Å². The minimum atomic E-state index is -0.206. The number of carbonyl (C=O) groups excluding carboxylic acids is 2. The summed E-state index contributed by atoms with van der Waals surface area (Å²) in [6, 6.07) is 1.84. The predicted molar refractivity (Wildman–Crippen MR) is 89.2 cm³/mol. The van der Waals surface area contributed by atoms with Gasteiger partial charge in [-0.3, -0.25) is 4.79 Å². The fraction of sp³-hybridized carbons (Fsp3) is 0.625. The van der Waals surface area contributed by atoms with Crippen molar-refractivity contribution in [1.82, 2.24) is 15.5 Å². The van der Waals surface area contributed by atoms with Crippen LogP contribution in [0.2, 0.25) is 0 Å². The summed E-state index contributed by atoms with van der Waals surface area (Å²) in [7, 11) is 0. The summed E-state index contributed by atoms with van der Waals surface area (Å²) in [6.07, 6.45) is 1.86. The van der Waals surface area contributed by atoms with Gasteiger partial charge in [0.05, 0.1) is 0 Å². The molecule has 2 rings (SSSR count). The normalized spacial score (nSPS) is 16.4. The monoisotopic (exact) mass is 323 g/mol. The van der Waals surface area contributed by atoms with E-state index in [-0.39, 0.29) is 17.5 Å². The summed E-state index contributed by atoms with van der Waals surface area (Å²) < 4.78 is 0. The molecule has 1 aliphatic heterocycles. The summed E-state index contributed by atoms with van der Waals surface area (Å²) in [5.74, 6) is 0.440. The van der Waals surface area contributed by atoms with Crippen LogP contribution in [0.3, 0.4) is 0 Å². The highest BCUT2D eigenvalue weighted by Crippen LogP contribution is 2.17. The van der Waals surface area contributed by atoms with E-state index in [9.17, 15) is 9.59 Å². The van der Waals surface area contributed by atoms with Gasteiger partial charge in [0.15, 0.2) is 0 Å². The van der Waals surface area contributed by atoms with Crippen molar-refractivity contribution in [1.29, 1.82) is 0 Å². The second kappa shape index (κ2) is 7.13. The van der Waals surface area contributed by atoms with E-state index in [0.29, 0.717) is 12.5 Å². The van der Waals surface area contributed by atoms with E-state index in [0.717, 1.165) is 31.5 Å². The maximum atomic E-state index is 12.1. The van der Waals surface area contributed by atoms with Crippen LogP contribution in [0.1, 0.15) is 44.0 Å². The summed E-state index contributed by atoms with van der Waals surface area (Å²) in [5, 5.41) is 9.74. The molecule has 22 heavy (non-hydrogen) atoms. The Morgan fingerprint density at radius 2 is 2.00 bits per heavy atom. The Bertz CT molecular complexity index is 500. The smallest absolute Gasteiger partial charge is 0.317 e. The molecular weight excluding hydrogens is 298 g/mol. The number of hydrogen-bond acceptors (Lipinski definition) is 3. The van der Waals surface area contributed by atoms with Crippen molar-refractivity contribution in [3.8, 4) is 0 Å². The Hall–Kier alpha value is -1.56. The molecule has 3 amide bonds. The van der Waals surface area contributed by atoms with Crippen LogP contribution in [0.15, 0.2) is 16.8 Å². The van der Waals surface area contributed by atoms with Gasteiger partial charge in [-0.25, -0.2) is 4.79 Å². The van der Waals surface area contributed by atoms with Crippen LogP contribution in [-0.2, 0) is 0 Å². The van der Waals surface area contributed by atoms with E-state index >= 15 is 0 Å². The van der Waals surface area contributed by atoms with Crippen molar-refractivity contribution in [2.75, 3.05) is 19.6 Å². The van der Waals surface area contributed by atoms with E-state index in [4.69, 9.17) is 0 Å². The fourth-order valence-electron chi connectivity index (χ4n) is 2.47. The topological polar surface area (TPSA) is 61.4 Å². The van der Waals surface area contributed by atoms with Crippen molar-refractivity contribution in [2.45, 2.75) is 39.2 Å². The Morgan fingerprint density at radius 1 is 1.32 bits per heavy atom. The minimum Gasteiger partial charge on any atom is -0.352 e. The average molecular weight is 323 g/mol. The molecule has 0 spiro atoms. The fourth-order valence-corrected chi connectivity index (χ4v) is 3.11. The summed E-state index contributed by atoms with van der Waals surface area (Å²) in [4.78, 5) is 25.9. The number of carbonyl (C=O) groups is 2. The van der Waals surface area contributed by atoms with Crippen LogP contribution in [0.4, 0.5) is 4.79 Å². The third-order valence-corrected chi connectivity index (χ3v) is 4.40. The van der Waals surface area contributed by atoms with E-state index in [1.807, 2.05) is 42.5 Å². The van der Waals surface area contributed by atoms with E-state index in [1.54, 1.807) is 0 Å². The zero-order valence-corrected chi connectivity index (χ0v) is 14.3. The second-order valence-electron chi connectivity index (χ2n) is 6.83. The molecular formula is C16H25N3O2S. The first-order valence-corrected chi connectivity index (χ1v) is 8.67. The van der Waals surface area contributed by atoms with Gasteiger partial charge in [0.25, 0.3) is 5.91 Å². The molecule has 6 heteroatoms. The number of nitrogens with one attached hydrogen (secondary N) is 2. The minimum absolute atomic E-state index is 0.00541. The molecule has 122 valence electrons. The molecule has 0 aromatic carbocycles. The van der Waals surface area contributed by atoms with Crippen LogP contribution in [0, 0.1) is 5.92 Å². The molecule has 2 heterocycles. The van der Waals surface area contributed by atoms with Gasteiger partial charge in [0.2, 0.25) is 0 Å². The van der Waals surface area contributed by atoms with Gasteiger partial charge in [-0.1, -0.05) is 0 Å². The van der Waals surface area contributed by atoms with Crippen molar-refractivity contribution in [3.05, 3.63) is 22.4 Å². The Morgan fingerprint density at radius 3 is 2.55 bits per heavy atom. The van der Waals surface area contributed by atoms with Gasteiger partial charge in [0, 0.05) is 36.1 Å². The highest BCUT2D eigenvalue weighted by molar-refractivity contribution is 7.08. The third kappa shape index (κ3) is 5.02. The van der Waals surface area contributed by atoms with Crippen LogP contribution in [0.25, 0.3) is 0 Å². The van der Waals surface area contributed by atoms with E-state index in [2.05, 4.69) is 10.6 Å². The van der Waals surface area contributed by atoms with Crippen molar-refractivity contribution < 1.29 is 9.59 Å². The Kier molecular flexibility index (Phi) is 5.45. The predicted octanol–water partition coefficient (Wildman–Crippen LogP) is 2.70. The maximum Gasteiger partial charge on any atom is 0.317 e. The highest BCUT2D eigenvalue weighted by atomic mass is 32.1. The SMILES string of the molecule is CC(C)(C)NC(=O)N1CCC(CNC(=O)c2ccsc2)CC1. The number of piperidine rings is 1. The van der Waals surface area contributed by atoms with Gasteiger partial charge in [0.1, 0.15) is 0 Å². The van der Waals surface area contributed by atoms with Crippen molar-refractivity contribution in [2.24, 2.45) is 5.92 Å². The molecule has 1 saturated heterocycles. The Balaban J connectivity index is 1.71. The second-order valence-corrected chi connectivity index (χ2v) is 7.61. The molecule has 0 saturated carbocycles. The number of amides is 3. The van der Waals surface area contributed by atoms with Crippen LogP contribution in [0.5, 0.6) is 0 Å². The largest absolute Gasteiger partial charge is 0.352 e. The molecule has 1 aliphatic rings. The standard InChI is InChI=1S/C16H25N3O2S/c1-16(2,3)18-15(21)19-7-4-12(5-8-19)10-17-14(20)13-6-9-22-11-13/h6,9,11-12H,4-5,7-8,10H2,1-3H3,(H,17,20)(H,18,21). The lowest BCUT2D eigenvalue weighted by Gasteiger charge is -2.34. The number of thiophene rings is 1. The molecule has 1 aromatic heterocycles. The lowest BCUT2D eigenvalue weighted by Crippen LogP contribution is -2.51. The molecule has 0 atom stereocenters. The quantitative estimate of drug-likeness (QED) is 0.898. The molecule has 0 aliphatic carbocycles. The molecule has 1 aromatic rings. The molecule has 0 bridgehead atoms. The maximum absolute atomic E-state index is 12.1. The number of hydrogen-bond donors (Lipinski definition) is 2. The molecule has 0 unspecified atom stereocenters. The lowest BCUT2D eigenvalue weighted by atomic mass is 9.97.